The molecule has 1 aromatic rings. The fourth-order valence-corrected chi connectivity index (χ4v) is 8.79. The summed E-state index contributed by atoms with van der Waals surface area (Å²) in [7, 11) is 1.75. The summed E-state index contributed by atoms with van der Waals surface area (Å²) in [5.74, 6) is -2.07. The van der Waals surface area contributed by atoms with E-state index in [1.807, 2.05) is 55.4 Å². The van der Waals surface area contributed by atoms with E-state index in [9.17, 15) is 33.6 Å². The van der Waals surface area contributed by atoms with Gasteiger partial charge in [-0.25, -0.2) is 4.79 Å². The van der Waals surface area contributed by atoms with E-state index < -0.39 is 74.9 Å². The van der Waals surface area contributed by atoms with Crippen LogP contribution >= 0.6 is 0 Å². The van der Waals surface area contributed by atoms with Crippen molar-refractivity contribution in [1.29, 1.82) is 0 Å². The van der Waals surface area contributed by atoms with Crippen LogP contribution in [-0.4, -0.2) is 84.8 Å². The summed E-state index contributed by atoms with van der Waals surface area (Å²) in [6, 6.07) is -3.82. The van der Waals surface area contributed by atoms with Gasteiger partial charge in [0.15, 0.2) is 0 Å². The number of likely N-dealkylation sites (N-methyl/N-ethyl adjacent to an activating group) is 1. The summed E-state index contributed by atoms with van der Waals surface area (Å²) in [5.41, 5.74) is -1.73. The molecule has 1 saturated heterocycles. The molecule has 13 nitrogen and oxygen atoms in total. The highest BCUT2D eigenvalue weighted by Gasteiger charge is 2.49. The number of anilines is 1. The Morgan fingerprint density at radius 2 is 1.52 bits per heavy atom. The number of amides is 5. The number of hydrogen-bond acceptors (Lipinski definition) is 8. The SMILES string of the molecule is CCCC(NC(=O)[C@@H]1[C@@H](CC(C)C)CCN1C(=O)[C@@H](NC(=O)N[C@H](CN(C)c1c(C(C)(C)C)c(=O)c1=O)C(C)(C)C)C1(C)CCCCC1)C(=O)C(=O)NC1CC1. The third kappa shape index (κ3) is 10.6. The van der Waals surface area contributed by atoms with Crippen LogP contribution in [0.5, 0.6) is 0 Å². The van der Waals surface area contributed by atoms with E-state index in [0.29, 0.717) is 43.5 Å². The molecule has 0 bridgehead atoms. The van der Waals surface area contributed by atoms with Crippen molar-refractivity contribution < 1.29 is 24.0 Å². The minimum Gasteiger partial charge on any atom is -0.369 e. The van der Waals surface area contributed by atoms with Crippen molar-refractivity contribution in [2.45, 2.75) is 175 Å². The Morgan fingerprint density at radius 3 is 2.05 bits per heavy atom. The van der Waals surface area contributed by atoms with Gasteiger partial charge < -0.3 is 31.1 Å². The summed E-state index contributed by atoms with van der Waals surface area (Å²) in [5, 5.41) is 11.8. The van der Waals surface area contributed by atoms with E-state index in [1.54, 1.807) is 16.8 Å². The zero-order valence-corrected chi connectivity index (χ0v) is 36.0. The van der Waals surface area contributed by atoms with E-state index in [1.165, 1.54) is 0 Å². The summed E-state index contributed by atoms with van der Waals surface area (Å²) >= 11 is 0. The van der Waals surface area contributed by atoms with Crippen LogP contribution in [0.15, 0.2) is 9.59 Å². The highest BCUT2D eigenvalue weighted by molar-refractivity contribution is 6.38. The fraction of sp³-hybridized carbons (Fsp3) is 0.791. The number of carbonyl (C=O) groups excluding carboxylic acids is 5. The summed E-state index contributed by atoms with van der Waals surface area (Å²) < 4.78 is 0. The number of likely N-dealkylation sites (tertiary alicyclic amines) is 1. The lowest BCUT2D eigenvalue weighted by Crippen LogP contribution is -2.63. The summed E-state index contributed by atoms with van der Waals surface area (Å²) in [6.07, 6.45) is 8.10. The first-order valence-electron chi connectivity index (χ1n) is 21.1. The normalized spacial score (nSPS) is 21.6. The largest absolute Gasteiger partial charge is 0.369 e. The molecule has 2 aliphatic carbocycles. The standard InChI is InChI=1S/C43H70N6O7/c1-12-16-28(33(50)38(54)44-27-17-18-27)45-37(53)31-26(23-25(2)3)19-22-49(31)39(55)36(43(10)20-14-13-15-21-43)47-40(56)46-29(41(4,5)6)24-48(11)32-30(42(7,8)9)34(51)35(32)52/h25-29,31,36H,12-24H2,1-11H3,(H,44,54)(H,45,53)(H2,46,47,56)/t26-,28?,29-,31+,36-/m1/s1. The van der Waals surface area contributed by atoms with Gasteiger partial charge in [-0.3, -0.25) is 28.8 Å². The minimum atomic E-state index is -1.00. The van der Waals surface area contributed by atoms with Crippen molar-refractivity contribution in [2.24, 2.45) is 22.7 Å². The van der Waals surface area contributed by atoms with E-state index in [4.69, 9.17) is 0 Å². The molecule has 3 aliphatic rings. The Kier molecular flexibility index (Phi) is 14.3. The van der Waals surface area contributed by atoms with Gasteiger partial charge in [0, 0.05) is 31.7 Å². The second-order valence-corrected chi connectivity index (χ2v) is 19.8. The molecule has 4 N–H and O–H groups in total. The fourth-order valence-electron chi connectivity index (χ4n) is 8.79. The van der Waals surface area contributed by atoms with Gasteiger partial charge in [-0.15, -0.1) is 0 Å². The molecule has 5 atom stereocenters. The van der Waals surface area contributed by atoms with Crippen molar-refractivity contribution in [3.05, 3.63) is 26.0 Å². The van der Waals surface area contributed by atoms with E-state index in [2.05, 4.69) is 35.1 Å². The maximum atomic E-state index is 15.0. The molecule has 13 heteroatoms. The Morgan fingerprint density at radius 1 is 0.893 bits per heavy atom. The molecule has 1 heterocycles. The van der Waals surface area contributed by atoms with Crippen LogP contribution in [0.3, 0.4) is 0 Å². The lowest BCUT2D eigenvalue weighted by molar-refractivity contribution is -0.145. The van der Waals surface area contributed by atoms with Gasteiger partial charge >= 0.3 is 6.03 Å². The molecule has 0 spiro atoms. The molecule has 4 rings (SSSR count). The molecular formula is C43H70N6O7. The van der Waals surface area contributed by atoms with Crippen molar-refractivity contribution >= 4 is 35.2 Å². The highest BCUT2D eigenvalue weighted by Crippen LogP contribution is 2.41. The van der Waals surface area contributed by atoms with E-state index in [-0.39, 0.29) is 30.3 Å². The van der Waals surface area contributed by atoms with Crippen molar-refractivity contribution in [1.82, 2.24) is 26.2 Å². The summed E-state index contributed by atoms with van der Waals surface area (Å²) in [6.45, 7) is 20.3. The quantitative estimate of drug-likeness (QED) is 0.178. The highest BCUT2D eigenvalue weighted by atomic mass is 16.2. The lowest BCUT2D eigenvalue weighted by atomic mass is 9.70. The van der Waals surface area contributed by atoms with Gasteiger partial charge in [0.1, 0.15) is 12.1 Å². The molecule has 3 fully saturated rings. The van der Waals surface area contributed by atoms with Gasteiger partial charge in [-0.1, -0.05) is 94.9 Å². The average molecular weight is 783 g/mol. The van der Waals surface area contributed by atoms with Gasteiger partial charge in [0.2, 0.25) is 28.5 Å². The number of nitrogens with zero attached hydrogens (tertiary/aromatic N) is 2. The molecule has 56 heavy (non-hydrogen) atoms. The second kappa shape index (κ2) is 17.8. The first kappa shape index (κ1) is 44.9. The van der Waals surface area contributed by atoms with Crippen LogP contribution in [0.25, 0.3) is 0 Å². The minimum absolute atomic E-state index is 0.00139. The molecule has 314 valence electrons. The third-order valence-electron chi connectivity index (χ3n) is 12.2. The zero-order valence-electron chi connectivity index (χ0n) is 36.0. The molecule has 1 aromatic carbocycles. The summed E-state index contributed by atoms with van der Waals surface area (Å²) in [4.78, 5) is 98.2. The second-order valence-electron chi connectivity index (χ2n) is 19.8. The van der Waals surface area contributed by atoms with Crippen LogP contribution in [-0.2, 0) is 24.6 Å². The van der Waals surface area contributed by atoms with Crippen LogP contribution in [0.4, 0.5) is 10.5 Å². The van der Waals surface area contributed by atoms with Gasteiger partial charge in [0.25, 0.3) is 5.91 Å². The monoisotopic (exact) mass is 783 g/mol. The topological polar surface area (TPSA) is 174 Å². The molecule has 1 unspecified atom stereocenters. The van der Waals surface area contributed by atoms with E-state index in [0.717, 1.165) is 44.9 Å². The average Bonchev–Trinajstić information content (AvgIpc) is 3.82. The number of nitrogens with one attached hydrogen (secondary N) is 4. The lowest BCUT2D eigenvalue weighted by Gasteiger charge is -2.43. The third-order valence-corrected chi connectivity index (χ3v) is 12.2. The maximum Gasteiger partial charge on any atom is 0.315 e. The van der Waals surface area contributed by atoms with Crippen LogP contribution in [0.2, 0.25) is 0 Å². The van der Waals surface area contributed by atoms with Crippen molar-refractivity contribution in [3.63, 3.8) is 0 Å². The zero-order chi connectivity index (χ0) is 41.9. The number of ketones is 1. The molecule has 0 radical (unpaired) electrons. The Balaban J connectivity index is 1.60. The van der Waals surface area contributed by atoms with Gasteiger partial charge in [0.05, 0.1) is 17.8 Å². The molecule has 5 amide bonds. The van der Waals surface area contributed by atoms with Gasteiger partial charge in [-0.05, 0) is 73.0 Å². The maximum absolute atomic E-state index is 15.0. The smallest absolute Gasteiger partial charge is 0.315 e. The van der Waals surface area contributed by atoms with Crippen LogP contribution < -0.4 is 37.0 Å². The first-order valence-corrected chi connectivity index (χ1v) is 21.1. The number of carbonyl (C=O) groups is 5. The number of Topliss-reactive ketones (excluding diaryl/α,β-unsaturated/α-hetero) is 1. The van der Waals surface area contributed by atoms with Crippen molar-refractivity contribution in [2.75, 3.05) is 25.0 Å². The predicted molar refractivity (Wildman–Crippen MR) is 219 cm³/mol. The first-order chi connectivity index (χ1) is 26.0. The Hall–Kier alpha value is -3.77. The Bertz CT molecular complexity index is 1670. The van der Waals surface area contributed by atoms with Gasteiger partial charge in [-0.2, -0.15) is 0 Å². The number of hydrogen-bond donors (Lipinski definition) is 4. The van der Waals surface area contributed by atoms with Crippen LogP contribution in [0.1, 0.15) is 145 Å². The number of urea groups is 1. The van der Waals surface area contributed by atoms with Crippen molar-refractivity contribution in [3.8, 4) is 0 Å². The number of rotatable bonds is 16. The van der Waals surface area contributed by atoms with E-state index >= 15 is 0 Å². The Labute approximate surface area is 333 Å². The molecule has 1 aliphatic heterocycles. The molecule has 0 aromatic heterocycles. The predicted octanol–water partition coefficient (Wildman–Crippen LogP) is 4.47. The molecule has 2 saturated carbocycles. The molecular weight excluding hydrogens is 713 g/mol. The van der Waals surface area contributed by atoms with Crippen LogP contribution in [0, 0.1) is 22.7 Å².